The van der Waals surface area contributed by atoms with Gasteiger partial charge in [-0.2, -0.15) is 5.26 Å². The number of nitriles is 1. The maximum Gasteiger partial charge on any atom is 0.325 e. The first-order valence-electron chi connectivity index (χ1n) is 14.8. The highest BCUT2D eigenvalue weighted by Crippen LogP contribution is 2.36. The van der Waals surface area contributed by atoms with Crippen molar-refractivity contribution < 1.29 is 19.1 Å². The minimum atomic E-state index is -0.739. The summed E-state index contributed by atoms with van der Waals surface area (Å²) in [6, 6.07) is 16.2. The van der Waals surface area contributed by atoms with Gasteiger partial charge in [0.05, 0.1) is 18.7 Å². The molecule has 0 radical (unpaired) electrons. The molecule has 10 nitrogen and oxygen atoms in total. The Morgan fingerprint density at radius 3 is 2.60 bits per heavy atom. The third kappa shape index (κ3) is 7.95. The van der Waals surface area contributed by atoms with E-state index in [1.165, 1.54) is 6.08 Å². The highest BCUT2D eigenvalue weighted by Gasteiger charge is 2.25. The third-order valence-electron chi connectivity index (χ3n) is 7.66. The van der Waals surface area contributed by atoms with E-state index in [2.05, 4.69) is 11.4 Å². The Kier molecular flexibility index (Phi) is 10.7. The quantitative estimate of drug-likeness (QED) is 0.154. The van der Waals surface area contributed by atoms with Gasteiger partial charge in [-0.15, -0.1) is 0 Å². The van der Waals surface area contributed by atoms with E-state index in [1.807, 2.05) is 75.4 Å². The summed E-state index contributed by atoms with van der Waals surface area (Å²) in [5.74, 6) is -0.190. The summed E-state index contributed by atoms with van der Waals surface area (Å²) >= 11 is 0. The molecule has 0 aliphatic heterocycles. The van der Waals surface area contributed by atoms with Gasteiger partial charge in [0.15, 0.2) is 6.23 Å². The van der Waals surface area contributed by atoms with Crippen molar-refractivity contribution in [3.63, 3.8) is 0 Å². The van der Waals surface area contributed by atoms with E-state index < -0.39 is 18.2 Å². The van der Waals surface area contributed by atoms with Crippen LogP contribution in [0.4, 0.5) is 5.69 Å². The van der Waals surface area contributed by atoms with Gasteiger partial charge < -0.3 is 25.4 Å². The van der Waals surface area contributed by atoms with Crippen LogP contribution in [0.15, 0.2) is 73.1 Å². The van der Waals surface area contributed by atoms with E-state index in [0.29, 0.717) is 29.2 Å². The van der Waals surface area contributed by atoms with Crippen LogP contribution in [0.25, 0.3) is 33.3 Å². The number of nitrogens with two attached hydrogens (primary N) is 1. The number of methoxy groups -OCH3 is 1. The number of fused-ring (bicyclic) bond motifs is 1. The fourth-order valence-corrected chi connectivity index (χ4v) is 4.85. The number of carbonyl (C=O) groups excluding carboxylic acids is 2. The van der Waals surface area contributed by atoms with Gasteiger partial charge >= 0.3 is 5.97 Å². The molecule has 45 heavy (non-hydrogen) atoms. The van der Waals surface area contributed by atoms with Gasteiger partial charge in [-0.3, -0.25) is 14.2 Å². The van der Waals surface area contributed by atoms with Gasteiger partial charge in [-0.05, 0) is 68.4 Å². The maximum absolute atomic E-state index is 12.9. The minimum Gasteiger partial charge on any atom is -0.497 e. The maximum atomic E-state index is 12.9. The molecule has 2 unspecified atom stereocenters. The van der Waals surface area contributed by atoms with Gasteiger partial charge in [0.25, 0.3) is 0 Å². The molecule has 3 atom stereocenters. The van der Waals surface area contributed by atoms with Crippen LogP contribution in [0, 0.1) is 17.2 Å². The number of rotatable bonds is 12. The Morgan fingerprint density at radius 1 is 1.13 bits per heavy atom. The number of amides is 1. The predicted molar refractivity (Wildman–Crippen MR) is 176 cm³/mol. The second-order valence-electron chi connectivity index (χ2n) is 11.3. The Labute approximate surface area is 264 Å². The lowest BCUT2D eigenvalue weighted by Crippen LogP contribution is -2.38. The molecule has 234 valence electrons. The first kappa shape index (κ1) is 32.9. The first-order chi connectivity index (χ1) is 21.5. The van der Waals surface area contributed by atoms with E-state index >= 15 is 0 Å². The van der Waals surface area contributed by atoms with Crippen LogP contribution < -0.4 is 15.8 Å². The molecule has 1 amide bonds. The molecular formula is C35H40N6O4. The molecule has 0 saturated heterocycles. The number of anilines is 1. The molecule has 10 heteroatoms. The molecule has 0 bridgehead atoms. The molecule has 3 N–H and O–H groups in total. The smallest absolute Gasteiger partial charge is 0.325 e. The third-order valence-corrected chi connectivity index (χ3v) is 7.66. The number of pyridine rings is 1. The van der Waals surface area contributed by atoms with Gasteiger partial charge in [0.2, 0.25) is 5.91 Å². The van der Waals surface area contributed by atoms with Gasteiger partial charge in [0.1, 0.15) is 17.4 Å². The Bertz CT molecular complexity index is 1750. The molecule has 0 spiro atoms. The average Bonchev–Trinajstić information content (AvgIpc) is 3.42. The van der Waals surface area contributed by atoms with Crippen LogP contribution in [0.2, 0.25) is 0 Å². The number of ether oxygens (including phenoxy) is 2. The van der Waals surface area contributed by atoms with Gasteiger partial charge in [-0.1, -0.05) is 38.5 Å². The summed E-state index contributed by atoms with van der Waals surface area (Å²) in [4.78, 5) is 32.2. The number of hydrogen-bond donors (Lipinski definition) is 2. The summed E-state index contributed by atoms with van der Waals surface area (Å²) in [7, 11) is 5.43. The molecule has 0 aliphatic carbocycles. The van der Waals surface area contributed by atoms with Crippen LogP contribution >= 0.6 is 0 Å². The van der Waals surface area contributed by atoms with Crippen molar-refractivity contribution in [3.05, 3.63) is 78.6 Å². The zero-order valence-electron chi connectivity index (χ0n) is 26.6. The number of esters is 1. The molecular weight excluding hydrogens is 568 g/mol. The summed E-state index contributed by atoms with van der Waals surface area (Å²) < 4.78 is 13.1. The molecule has 0 saturated carbocycles. The lowest BCUT2D eigenvalue weighted by Gasteiger charge is -2.21. The fourth-order valence-electron chi connectivity index (χ4n) is 4.85. The van der Waals surface area contributed by atoms with E-state index in [4.69, 9.17) is 20.2 Å². The van der Waals surface area contributed by atoms with Crippen molar-refractivity contribution in [2.75, 3.05) is 33.1 Å². The summed E-state index contributed by atoms with van der Waals surface area (Å²) in [5.41, 5.74) is 11.0. The Hall–Kier alpha value is -4.98. The lowest BCUT2D eigenvalue weighted by atomic mass is 10.0. The molecule has 2 heterocycles. The molecule has 0 aliphatic rings. The van der Waals surface area contributed by atoms with Crippen molar-refractivity contribution in [1.82, 2.24) is 14.5 Å². The molecule has 2 aromatic carbocycles. The zero-order valence-corrected chi connectivity index (χ0v) is 26.6. The Balaban J connectivity index is 1.78. The van der Waals surface area contributed by atoms with Gasteiger partial charge in [-0.25, -0.2) is 4.98 Å². The lowest BCUT2D eigenvalue weighted by molar-refractivity contribution is -0.155. The monoisotopic (exact) mass is 608 g/mol. The second kappa shape index (κ2) is 14.7. The summed E-state index contributed by atoms with van der Waals surface area (Å²) in [6.45, 7) is 6.31. The van der Waals surface area contributed by atoms with Crippen molar-refractivity contribution in [3.8, 4) is 34.1 Å². The van der Waals surface area contributed by atoms with Crippen LogP contribution in [0.3, 0.4) is 0 Å². The minimum absolute atomic E-state index is 0.0253. The first-order valence-corrected chi connectivity index (χ1v) is 14.8. The molecule has 0 fully saturated rings. The van der Waals surface area contributed by atoms with Gasteiger partial charge in [0, 0.05) is 53.3 Å². The number of likely N-dealkylation sites (N-methyl/N-ethyl adjacent to an activating group) is 1. The highest BCUT2D eigenvalue weighted by atomic mass is 16.6. The molecule has 4 rings (SSSR count). The van der Waals surface area contributed by atoms with E-state index in [-0.39, 0.29) is 11.8 Å². The number of aromatic nitrogens is 2. The Morgan fingerprint density at radius 2 is 1.91 bits per heavy atom. The van der Waals surface area contributed by atoms with E-state index in [0.717, 1.165) is 34.1 Å². The SMILES string of the molecule is CCC(C)C(N)C(=O)O[C@@H](C)n1cc(-c2cccc(C#N)c2)c2cc(-c3cc(NC(=O)/C=C/CN(C)C)cc(OC)c3)cnc21. The number of hydrogen-bond acceptors (Lipinski definition) is 8. The molecule has 4 aromatic rings. The fraction of sp³-hybridized carbons (Fsp3) is 0.314. The number of benzene rings is 2. The van der Waals surface area contributed by atoms with Crippen molar-refractivity contribution >= 4 is 28.6 Å². The summed E-state index contributed by atoms with van der Waals surface area (Å²) in [5, 5.41) is 13.2. The van der Waals surface area contributed by atoms with Crippen LogP contribution in [0.1, 0.15) is 39.0 Å². The van der Waals surface area contributed by atoms with Crippen LogP contribution in [0.5, 0.6) is 5.75 Å². The topological polar surface area (TPSA) is 136 Å². The second-order valence-corrected chi connectivity index (χ2v) is 11.3. The standard InChI is InChI=1S/C35H40N6O4/c1-7-22(2)33(37)35(43)45-23(3)41-21-31(25-11-8-10-24(14-25)19-36)30-17-27(20-38-34(30)41)26-15-28(18-29(16-26)44-6)39-32(42)12-9-13-40(4)5/h8-12,14-18,20-23,33H,7,13,37H2,1-6H3,(H,39,42)/b12-9+/t22?,23-,33?/m0/s1. The van der Waals surface area contributed by atoms with Crippen molar-refractivity contribution in [2.24, 2.45) is 11.7 Å². The number of nitrogens with zero attached hydrogens (tertiary/aromatic N) is 4. The number of carbonyl (C=O) groups is 2. The zero-order chi connectivity index (χ0) is 32.7. The largest absolute Gasteiger partial charge is 0.497 e. The summed E-state index contributed by atoms with van der Waals surface area (Å²) in [6.07, 6.45) is 6.95. The van der Waals surface area contributed by atoms with E-state index in [1.54, 1.807) is 43.0 Å². The highest BCUT2D eigenvalue weighted by molar-refractivity contribution is 6.00. The van der Waals surface area contributed by atoms with Crippen LogP contribution in [-0.4, -0.2) is 60.1 Å². The van der Waals surface area contributed by atoms with Crippen molar-refractivity contribution in [2.45, 2.75) is 39.5 Å². The van der Waals surface area contributed by atoms with Crippen LogP contribution in [-0.2, 0) is 14.3 Å². The average molecular weight is 609 g/mol. The number of nitrogens with one attached hydrogen (secondary N) is 1. The predicted octanol–water partition coefficient (Wildman–Crippen LogP) is 5.74. The normalized spacial score (nSPS) is 13.4. The molecule has 2 aromatic heterocycles. The van der Waals surface area contributed by atoms with E-state index in [9.17, 15) is 14.9 Å². The van der Waals surface area contributed by atoms with Crippen molar-refractivity contribution in [1.29, 1.82) is 5.26 Å².